The molecule has 0 aliphatic heterocycles. The van der Waals surface area contributed by atoms with Crippen LogP contribution in [-0.4, -0.2) is 15.7 Å². The van der Waals surface area contributed by atoms with Crippen molar-refractivity contribution in [3.8, 4) is 0 Å². The van der Waals surface area contributed by atoms with E-state index in [4.69, 9.17) is 11.6 Å². The number of aromatic nitrogens is 2. The zero-order chi connectivity index (χ0) is 14.0. The minimum Gasteiger partial charge on any atom is -0.321 e. The lowest BCUT2D eigenvalue weighted by atomic mass is 10.3. The summed E-state index contributed by atoms with van der Waals surface area (Å²) >= 11 is 5.87. The second-order valence-electron chi connectivity index (χ2n) is 4.67. The van der Waals surface area contributed by atoms with Gasteiger partial charge in [0, 0.05) is 22.4 Å². The molecule has 100 valence electrons. The number of rotatable bonds is 3. The minimum atomic E-state index is -0.232. The maximum absolute atomic E-state index is 12.1. The smallest absolute Gasteiger partial charge is 0.276 e. The highest BCUT2D eigenvalue weighted by Crippen LogP contribution is 2.16. The quantitative estimate of drug-likeness (QED) is 0.930. The topological polar surface area (TPSA) is 46.9 Å². The standard InChI is InChI=1S/C14H16ClN3O/c1-9(2)18-10(3)7-13(17-18)14(19)16-12-6-4-5-11(15)8-12/h4-9H,1-3H3,(H,16,19). The second kappa shape index (κ2) is 5.45. The molecule has 0 aliphatic rings. The summed E-state index contributed by atoms with van der Waals surface area (Å²) in [6.45, 7) is 5.99. The van der Waals surface area contributed by atoms with E-state index < -0.39 is 0 Å². The molecule has 2 aromatic rings. The molecule has 4 nitrogen and oxygen atoms in total. The number of halogens is 1. The van der Waals surface area contributed by atoms with Crippen LogP contribution < -0.4 is 5.32 Å². The van der Waals surface area contributed by atoms with E-state index in [1.165, 1.54) is 0 Å². The molecule has 19 heavy (non-hydrogen) atoms. The first-order valence-electron chi connectivity index (χ1n) is 6.10. The lowest BCUT2D eigenvalue weighted by Gasteiger charge is -2.07. The number of aryl methyl sites for hydroxylation is 1. The first-order valence-corrected chi connectivity index (χ1v) is 6.48. The average Bonchev–Trinajstić information content (AvgIpc) is 2.71. The highest BCUT2D eigenvalue weighted by Gasteiger charge is 2.13. The van der Waals surface area contributed by atoms with Crippen molar-refractivity contribution in [3.05, 3.63) is 46.7 Å². The van der Waals surface area contributed by atoms with Crippen molar-refractivity contribution in [2.75, 3.05) is 5.32 Å². The number of amides is 1. The van der Waals surface area contributed by atoms with Crippen LogP contribution in [0.1, 0.15) is 36.1 Å². The van der Waals surface area contributed by atoms with Gasteiger partial charge in [-0.1, -0.05) is 17.7 Å². The third-order valence-corrected chi connectivity index (χ3v) is 2.96. The van der Waals surface area contributed by atoms with Crippen LogP contribution in [0.2, 0.25) is 5.02 Å². The molecule has 0 fully saturated rings. The van der Waals surface area contributed by atoms with Gasteiger partial charge in [-0.2, -0.15) is 5.10 Å². The van der Waals surface area contributed by atoms with E-state index in [1.54, 1.807) is 30.3 Å². The molecule has 0 radical (unpaired) electrons. The maximum atomic E-state index is 12.1. The fourth-order valence-electron chi connectivity index (χ4n) is 1.88. The number of benzene rings is 1. The zero-order valence-electron chi connectivity index (χ0n) is 11.1. The molecule has 5 heteroatoms. The SMILES string of the molecule is Cc1cc(C(=O)Nc2cccc(Cl)c2)nn1C(C)C. The van der Waals surface area contributed by atoms with Crippen molar-refractivity contribution in [1.29, 1.82) is 0 Å². The summed E-state index contributed by atoms with van der Waals surface area (Å²) in [6, 6.07) is 9.04. The van der Waals surface area contributed by atoms with Gasteiger partial charge in [0.15, 0.2) is 5.69 Å². The molecule has 0 saturated carbocycles. The van der Waals surface area contributed by atoms with Gasteiger partial charge in [-0.25, -0.2) is 0 Å². The average molecular weight is 278 g/mol. The third-order valence-electron chi connectivity index (χ3n) is 2.73. The molecule has 2 rings (SSSR count). The van der Waals surface area contributed by atoms with Crippen LogP contribution in [0.4, 0.5) is 5.69 Å². The highest BCUT2D eigenvalue weighted by molar-refractivity contribution is 6.30. The van der Waals surface area contributed by atoms with Gasteiger partial charge in [-0.15, -0.1) is 0 Å². The highest BCUT2D eigenvalue weighted by atomic mass is 35.5. The van der Waals surface area contributed by atoms with Gasteiger partial charge in [-0.3, -0.25) is 9.48 Å². The number of anilines is 1. The van der Waals surface area contributed by atoms with E-state index in [2.05, 4.69) is 10.4 Å². The van der Waals surface area contributed by atoms with E-state index in [0.29, 0.717) is 16.4 Å². The Kier molecular flexibility index (Phi) is 3.90. The molecular weight excluding hydrogens is 262 g/mol. The fraction of sp³-hybridized carbons (Fsp3) is 0.286. The van der Waals surface area contributed by atoms with E-state index in [-0.39, 0.29) is 11.9 Å². The Morgan fingerprint density at radius 3 is 2.68 bits per heavy atom. The Morgan fingerprint density at radius 2 is 2.11 bits per heavy atom. The Hall–Kier alpha value is -1.81. The minimum absolute atomic E-state index is 0.229. The van der Waals surface area contributed by atoms with Crippen molar-refractivity contribution < 1.29 is 4.79 Å². The van der Waals surface area contributed by atoms with E-state index in [9.17, 15) is 4.79 Å². The lowest BCUT2D eigenvalue weighted by molar-refractivity contribution is 0.102. The number of hydrogen-bond acceptors (Lipinski definition) is 2. The van der Waals surface area contributed by atoms with Crippen LogP contribution in [0.5, 0.6) is 0 Å². The van der Waals surface area contributed by atoms with Crippen LogP contribution >= 0.6 is 11.6 Å². The summed E-state index contributed by atoms with van der Waals surface area (Å²) in [5, 5.41) is 7.66. The van der Waals surface area contributed by atoms with Crippen LogP contribution in [0.3, 0.4) is 0 Å². The lowest BCUT2D eigenvalue weighted by Crippen LogP contribution is -2.13. The molecule has 1 N–H and O–H groups in total. The van der Waals surface area contributed by atoms with Crippen molar-refractivity contribution in [1.82, 2.24) is 9.78 Å². The van der Waals surface area contributed by atoms with Crippen LogP contribution in [-0.2, 0) is 0 Å². The van der Waals surface area contributed by atoms with Crippen molar-refractivity contribution in [3.63, 3.8) is 0 Å². The molecule has 0 atom stereocenters. The molecule has 1 aromatic carbocycles. The summed E-state index contributed by atoms with van der Waals surface area (Å²) in [4.78, 5) is 12.1. The van der Waals surface area contributed by atoms with Gasteiger partial charge in [0.05, 0.1) is 0 Å². The fourth-order valence-corrected chi connectivity index (χ4v) is 2.07. The Balaban J connectivity index is 2.18. The van der Waals surface area contributed by atoms with E-state index in [0.717, 1.165) is 5.69 Å². The Labute approximate surface area is 117 Å². The Bertz CT molecular complexity index is 604. The van der Waals surface area contributed by atoms with E-state index >= 15 is 0 Å². The summed E-state index contributed by atoms with van der Waals surface area (Å²) in [5.74, 6) is -0.232. The largest absolute Gasteiger partial charge is 0.321 e. The third kappa shape index (κ3) is 3.15. The molecule has 0 aliphatic carbocycles. The molecule has 1 amide bonds. The first-order chi connectivity index (χ1) is 8.97. The van der Waals surface area contributed by atoms with Gasteiger partial charge < -0.3 is 5.32 Å². The molecule has 0 bridgehead atoms. The number of hydrogen-bond donors (Lipinski definition) is 1. The van der Waals surface area contributed by atoms with Crippen LogP contribution in [0.25, 0.3) is 0 Å². The number of carbonyl (C=O) groups is 1. The van der Waals surface area contributed by atoms with Gasteiger partial charge in [-0.05, 0) is 45.0 Å². The number of nitrogens with one attached hydrogen (secondary N) is 1. The second-order valence-corrected chi connectivity index (χ2v) is 5.11. The van der Waals surface area contributed by atoms with Gasteiger partial charge in [0.1, 0.15) is 0 Å². The van der Waals surface area contributed by atoms with Gasteiger partial charge in [0.2, 0.25) is 0 Å². The summed E-state index contributed by atoms with van der Waals surface area (Å²) in [7, 11) is 0. The van der Waals surface area contributed by atoms with Crippen LogP contribution in [0.15, 0.2) is 30.3 Å². The molecular formula is C14H16ClN3O. The molecule has 1 aromatic heterocycles. The van der Waals surface area contributed by atoms with Gasteiger partial charge >= 0.3 is 0 Å². The van der Waals surface area contributed by atoms with Crippen molar-refractivity contribution in [2.45, 2.75) is 26.8 Å². The van der Waals surface area contributed by atoms with Crippen LogP contribution in [0, 0.1) is 6.92 Å². The van der Waals surface area contributed by atoms with E-state index in [1.807, 2.05) is 25.5 Å². The normalized spacial score (nSPS) is 10.8. The predicted octanol–water partition coefficient (Wildman–Crippen LogP) is 3.68. The van der Waals surface area contributed by atoms with Crippen molar-refractivity contribution in [2.24, 2.45) is 0 Å². The predicted molar refractivity (Wildman–Crippen MR) is 76.8 cm³/mol. The number of nitrogens with zero attached hydrogens (tertiary/aromatic N) is 2. The molecule has 0 saturated heterocycles. The summed E-state index contributed by atoms with van der Waals surface area (Å²) < 4.78 is 1.83. The van der Waals surface area contributed by atoms with Crippen molar-refractivity contribution >= 4 is 23.2 Å². The Morgan fingerprint density at radius 1 is 1.37 bits per heavy atom. The monoisotopic (exact) mass is 277 g/mol. The zero-order valence-corrected chi connectivity index (χ0v) is 11.9. The number of carbonyl (C=O) groups excluding carboxylic acids is 1. The maximum Gasteiger partial charge on any atom is 0.276 e. The first kappa shape index (κ1) is 13.6. The summed E-state index contributed by atoms with van der Waals surface area (Å²) in [6.07, 6.45) is 0. The van der Waals surface area contributed by atoms with Gasteiger partial charge in [0.25, 0.3) is 5.91 Å². The molecule has 0 unspecified atom stereocenters. The molecule has 1 heterocycles. The summed E-state index contributed by atoms with van der Waals surface area (Å²) in [5.41, 5.74) is 2.03. The molecule has 0 spiro atoms.